The summed E-state index contributed by atoms with van der Waals surface area (Å²) in [6, 6.07) is 6.24. The summed E-state index contributed by atoms with van der Waals surface area (Å²) < 4.78 is 2.17. The smallest absolute Gasteiger partial charge is 0.201 e. The van der Waals surface area contributed by atoms with E-state index in [1.807, 2.05) is 0 Å². The largest absolute Gasteiger partial charge is 0.369 e. The van der Waals surface area contributed by atoms with Crippen LogP contribution in [0.25, 0.3) is 11.0 Å². The van der Waals surface area contributed by atoms with E-state index in [-0.39, 0.29) is 5.54 Å². The number of nitrogen functional groups attached to an aromatic ring is 1. The van der Waals surface area contributed by atoms with Crippen molar-refractivity contribution in [2.75, 3.05) is 5.73 Å². The first-order chi connectivity index (χ1) is 7.97. The maximum absolute atomic E-state index is 6.09. The molecule has 17 heavy (non-hydrogen) atoms. The van der Waals surface area contributed by atoms with Crippen molar-refractivity contribution in [1.29, 1.82) is 0 Å². The molecule has 1 heterocycles. The molecular weight excluding hydrogens is 210 g/mol. The molecule has 0 spiro atoms. The van der Waals surface area contributed by atoms with Gasteiger partial charge in [0.1, 0.15) is 0 Å². The highest BCUT2D eigenvalue weighted by Crippen LogP contribution is 2.31. The van der Waals surface area contributed by atoms with Gasteiger partial charge in [-0.2, -0.15) is 0 Å². The Hall–Kier alpha value is -1.51. The van der Waals surface area contributed by atoms with E-state index in [1.165, 1.54) is 5.56 Å². The highest BCUT2D eigenvalue weighted by molar-refractivity contribution is 5.81. The molecule has 0 aliphatic rings. The second-order valence-electron chi connectivity index (χ2n) is 5.31. The van der Waals surface area contributed by atoms with E-state index in [2.05, 4.69) is 55.4 Å². The predicted molar refractivity (Wildman–Crippen MR) is 73.1 cm³/mol. The number of nitrogens with zero attached hydrogens (tertiary/aromatic N) is 2. The fourth-order valence-electron chi connectivity index (χ4n) is 2.62. The van der Waals surface area contributed by atoms with Crippen LogP contribution in [0.5, 0.6) is 0 Å². The molecule has 92 valence electrons. The molecule has 3 nitrogen and oxygen atoms in total. The van der Waals surface area contributed by atoms with E-state index in [0.29, 0.717) is 5.95 Å². The van der Waals surface area contributed by atoms with Crippen molar-refractivity contribution in [2.45, 2.75) is 46.1 Å². The summed E-state index contributed by atoms with van der Waals surface area (Å²) in [4.78, 5) is 4.50. The Morgan fingerprint density at radius 2 is 2.06 bits per heavy atom. The maximum atomic E-state index is 6.09. The van der Waals surface area contributed by atoms with E-state index in [9.17, 15) is 0 Å². The Morgan fingerprint density at radius 1 is 1.35 bits per heavy atom. The fraction of sp³-hybridized carbons (Fsp3) is 0.500. The van der Waals surface area contributed by atoms with Gasteiger partial charge >= 0.3 is 0 Å². The minimum absolute atomic E-state index is 0.0153. The molecule has 0 amide bonds. The van der Waals surface area contributed by atoms with Crippen LogP contribution < -0.4 is 5.73 Å². The van der Waals surface area contributed by atoms with Gasteiger partial charge in [0.25, 0.3) is 0 Å². The molecule has 0 bridgehead atoms. The molecule has 0 saturated heterocycles. The van der Waals surface area contributed by atoms with Crippen molar-refractivity contribution >= 4 is 17.0 Å². The molecule has 0 aliphatic heterocycles. The molecule has 0 unspecified atom stereocenters. The van der Waals surface area contributed by atoms with Gasteiger partial charge in [-0.15, -0.1) is 0 Å². The van der Waals surface area contributed by atoms with Crippen molar-refractivity contribution in [2.24, 2.45) is 0 Å². The van der Waals surface area contributed by atoms with Crippen molar-refractivity contribution in [1.82, 2.24) is 9.55 Å². The SMILES string of the molecule is CCCC(C)(C)n1c(N)nc2c(C)cccc21. The molecule has 2 N–H and O–H groups in total. The lowest BCUT2D eigenvalue weighted by atomic mass is 9.98. The number of benzene rings is 1. The lowest BCUT2D eigenvalue weighted by Crippen LogP contribution is -2.27. The summed E-state index contributed by atoms with van der Waals surface area (Å²) in [6.45, 7) is 8.71. The molecule has 0 radical (unpaired) electrons. The van der Waals surface area contributed by atoms with Crippen LogP contribution in [0.2, 0.25) is 0 Å². The van der Waals surface area contributed by atoms with Crippen LogP contribution in [0.3, 0.4) is 0 Å². The lowest BCUT2D eigenvalue weighted by Gasteiger charge is -2.28. The van der Waals surface area contributed by atoms with Gasteiger partial charge in [-0.3, -0.25) is 0 Å². The third-order valence-electron chi connectivity index (χ3n) is 3.38. The Kier molecular flexibility index (Phi) is 2.86. The van der Waals surface area contributed by atoms with Crippen molar-refractivity contribution in [3.05, 3.63) is 23.8 Å². The molecule has 1 aromatic carbocycles. The maximum Gasteiger partial charge on any atom is 0.201 e. The monoisotopic (exact) mass is 231 g/mol. The van der Waals surface area contributed by atoms with Gasteiger partial charge in [-0.25, -0.2) is 4.98 Å². The second kappa shape index (κ2) is 4.06. The number of nitrogens with two attached hydrogens (primary N) is 1. The minimum atomic E-state index is 0.0153. The van der Waals surface area contributed by atoms with Crippen molar-refractivity contribution in [3.63, 3.8) is 0 Å². The summed E-state index contributed by atoms with van der Waals surface area (Å²) in [5.41, 5.74) is 9.45. The number of fused-ring (bicyclic) bond motifs is 1. The van der Waals surface area contributed by atoms with E-state index in [0.717, 1.165) is 23.9 Å². The predicted octanol–water partition coefficient (Wildman–Crippen LogP) is 3.46. The number of anilines is 1. The number of aryl methyl sites for hydroxylation is 1. The Morgan fingerprint density at radius 3 is 2.71 bits per heavy atom. The number of hydrogen-bond donors (Lipinski definition) is 1. The van der Waals surface area contributed by atoms with Gasteiger partial charge in [0.15, 0.2) is 0 Å². The molecule has 0 fully saturated rings. The van der Waals surface area contributed by atoms with Gasteiger partial charge in [0.2, 0.25) is 5.95 Å². The zero-order valence-corrected chi connectivity index (χ0v) is 11.1. The van der Waals surface area contributed by atoms with Gasteiger partial charge in [0, 0.05) is 5.54 Å². The average molecular weight is 231 g/mol. The van der Waals surface area contributed by atoms with Crippen molar-refractivity contribution in [3.8, 4) is 0 Å². The van der Waals surface area contributed by atoms with Gasteiger partial charge < -0.3 is 10.3 Å². The topological polar surface area (TPSA) is 43.8 Å². The van der Waals surface area contributed by atoms with Crippen LogP contribution in [0.1, 0.15) is 39.2 Å². The Bertz CT molecular complexity index is 538. The number of imidazole rings is 1. The molecule has 3 heteroatoms. The fourth-order valence-corrected chi connectivity index (χ4v) is 2.62. The second-order valence-corrected chi connectivity index (χ2v) is 5.31. The van der Waals surface area contributed by atoms with Crippen LogP contribution in [-0.4, -0.2) is 9.55 Å². The van der Waals surface area contributed by atoms with Crippen LogP contribution in [0, 0.1) is 6.92 Å². The van der Waals surface area contributed by atoms with E-state index in [1.54, 1.807) is 0 Å². The van der Waals surface area contributed by atoms with Gasteiger partial charge in [-0.1, -0.05) is 25.5 Å². The zero-order valence-electron chi connectivity index (χ0n) is 11.1. The Balaban J connectivity index is 2.69. The lowest BCUT2D eigenvalue weighted by molar-refractivity contribution is 0.338. The summed E-state index contributed by atoms with van der Waals surface area (Å²) in [6.07, 6.45) is 2.23. The molecule has 0 atom stereocenters. The summed E-state index contributed by atoms with van der Waals surface area (Å²) in [7, 11) is 0. The summed E-state index contributed by atoms with van der Waals surface area (Å²) >= 11 is 0. The molecule has 1 aromatic heterocycles. The minimum Gasteiger partial charge on any atom is -0.369 e. The van der Waals surface area contributed by atoms with Gasteiger partial charge in [-0.05, 0) is 38.8 Å². The van der Waals surface area contributed by atoms with E-state index in [4.69, 9.17) is 5.73 Å². The number of hydrogen-bond acceptors (Lipinski definition) is 2. The number of para-hydroxylation sites is 1. The van der Waals surface area contributed by atoms with Crippen LogP contribution >= 0.6 is 0 Å². The van der Waals surface area contributed by atoms with E-state index >= 15 is 0 Å². The van der Waals surface area contributed by atoms with Crippen molar-refractivity contribution < 1.29 is 0 Å². The quantitative estimate of drug-likeness (QED) is 0.879. The van der Waals surface area contributed by atoms with Crippen LogP contribution in [0.4, 0.5) is 5.95 Å². The highest BCUT2D eigenvalue weighted by atomic mass is 15.2. The van der Waals surface area contributed by atoms with Gasteiger partial charge in [0.05, 0.1) is 11.0 Å². The first-order valence-electron chi connectivity index (χ1n) is 6.21. The third-order valence-corrected chi connectivity index (χ3v) is 3.38. The molecule has 0 saturated carbocycles. The van der Waals surface area contributed by atoms with Crippen LogP contribution in [0.15, 0.2) is 18.2 Å². The summed E-state index contributed by atoms with van der Waals surface area (Å²) in [5.74, 6) is 0.618. The number of aromatic nitrogens is 2. The molecular formula is C14H21N3. The standard InChI is InChI=1S/C14H21N3/c1-5-9-14(3,4)17-11-8-6-7-10(2)12(11)16-13(17)15/h6-8H,5,9H2,1-4H3,(H2,15,16). The highest BCUT2D eigenvalue weighted by Gasteiger charge is 2.24. The van der Waals surface area contributed by atoms with Crippen LogP contribution in [-0.2, 0) is 5.54 Å². The average Bonchev–Trinajstić information content (AvgIpc) is 2.56. The first-order valence-corrected chi connectivity index (χ1v) is 6.21. The third kappa shape index (κ3) is 1.90. The number of rotatable bonds is 3. The summed E-state index contributed by atoms with van der Waals surface area (Å²) in [5, 5.41) is 0. The first kappa shape index (κ1) is 12.0. The normalized spacial score (nSPS) is 12.2. The zero-order chi connectivity index (χ0) is 12.6. The Labute approximate surface area is 103 Å². The molecule has 2 rings (SSSR count). The molecule has 2 aromatic rings. The van der Waals surface area contributed by atoms with E-state index < -0.39 is 0 Å². The molecule has 0 aliphatic carbocycles.